The van der Waals surface area contributed by atoms with Crippen molar-refractivity contribution in [1.29, 1.82) is 0 Å². The molecule has 0 saturated carbocycles. The molecule has 0 atom stereocenters. The lowest BCUT2D eigenvalue weighted by atomic mass is 10.2. The minimum atomic E-state index is -5.02. The molecule has 1 aromatic carbocycles. The van der Waals surface area contributed by atoms with Crippen molar-refractivity contribution < 1.29 is 50.9 Å². The first-order valence-corrected chi connectivity index (χ1v) is 7.96. The molecule has 8 nitrogen and oxygen atoms in total. The molecule has 158 valence electrons. The van der Waals surface area contributed by atoms with Crippen LogP contribution in [0.4, 0.5) is 27.6 Å². The van der Waals surface area contributed by atoms with Crippen molar-refractivity contribution in [2.24, 2.45) is 0 Å². The number of rotatable bonds is 5. The molecular weight excluding hydrogens is 411 g/mol. The van der Waals surface area contributed by atoms with E-state index in [1.54, 1.807) is 0 Å². The summed E-state index contributed by atoms with van der Waals surface area (Å²) in [6.45, 7) is -0.824. The van der Waals surface area contributed by atoms with E-state index < -0.39 is 59.4 Å². The molecule has 2 aliphatic heterocycles. The standard InChI is InChI=1S/C16H13F5N2O6/c1-27-14(26)7-6-23(2-3-24)13(25)12(7)22-9-5-11-10(4-8(9)17)28-15(18,19)16(20,21)29-11/h4-5,22,24H,2-3,6H2,1H3. The molecule has 2 heterocycles. The number of benzene rings is 1. The maximum atomic E-state index is 14.3. The number of nitrogens with one attached hydrogen (secondary N) is 1. The van der Waals surface area contributed by atoms with Gasteiger partial charge in [-0.2, -0.15) is 17.6 Å². The fraction of sp³-hybridized carbons (Fsp3) is 0.375. The quantitative estimate of drug-likeness (QED) is 0.546. The smallest absolute Gasteiger partial charge is 0.466 e. The minimum Gasteiger partial charge on any atom is -0.466 e. The summed E-state index contributed by atoms with van der Waals surface area (Å²) in [6, 6.07) is 0.946. The Morgan fingerprint density at radius 3 is 2.38 bits per heavy atom. The van der Waals surface area contributed by atoms with E-state index in [0.29, 0.717) is 12.1 Å². The van der Waals surface area contributed by atoms with Crippen LogP contribution in [-0.2, 0) is 14.3 Å². The van der Waals surface area contributed by atoms with Crippen LogP contribution in [-0.4, -0.2) is 60.9 Å². The topological polar surface area (TPSA) is 97.3 Å². The second kappa shape index (κ2) is 7.06. The first-order valence-electron chi connectivity index (χ1n) is 7.96. The highest BCUT2D eigenvalue weighted by Gasteiger charge is 2.66. The number of fused-ring (bicyclic) bond motifs is 1. The van der Waals surface area contributed by atoms with E-state index >= 15 is 0 Å². The van der Waals surface area contributed by atoms with E-state index in [-0.39, 0.29) is 18.7 Å². The number of amides is 1. The van der Waals surface area contributed by atoms with Crippen molar-refractivity contribution in [2.75, 3.05) is 32.1 Å². The van der Waals surface area contributed by atoms with Gasteiger partial charge in [-0.1, -0.05) is 0 Å². The molecule has 0 spiro atoms. The average molecular weight is 424 g/mol. The predicted molar refractivity (Wildman–Crippen MR) is 83.9 cm³/mol. The maximum absolute atomic E-state index is 14.3. The molecule has 3 rings (SSSR count). The summed E-state index contributed by atoms with van der Waals surface area (Å²) in [4.78, 5) is 25.4. The normalized spacial score (nSPS) is 19.4. The molecule has 0 aromatic heterocycles. The number of alkyl halides is 4. The highest BCUT2D eigenvalue weighted by molar-refractivity contribution is 6.08. The van der Waals surface area contributed by atoms with Crippen LogP contribution >= 0.6 is 0 Å². The lowest BCUT2D eigenvalue weighted by Gasteiger charge is -2.32. The number of carbonyl (C=O) groups is 2. The lowest BCUT2D eigenvalue weighted by molar-refractivity contribution is -0.391. The SMILES string of the molecule is COC(=O)C1=C(Nc2cc3c(cc2F)OC(F)(F)C(F)(F)O3)C(=O)N(CCO)C1. The van der Waals surface area contributed by atoms with Crippen LogP contribution in [0.15, 0.2) is 23.4 Å². The summed E-state index contributed by atoms with van der Waals surface area (Å²) < 4.78 is 79.7. The first-order chi connectivity index (χ1) is 13.5. The van der Waals surface area contributed by atoms with Gasteiger partial charge in [0.05, 0.1) is 31.5 Å². The number of β-amino-alcohol motifs (C(OH)–C–C–N with tert-alkyl or cyclic N) is 1. The molecule has 1 amide bonds. The Hall–Kier alpha value is -3.09. The van der Waals surface area contributed by atoms with Crippen molar-refractivity contribution in [1.82, 2.24) is 4.90 Å². The number of anilines is 1. The Balaban J connectivity index is 1.97. The van der Waals surface area contributed by atoms with Gasteiger partial charge < -0.3 is 29.5 Å². The van der Waals surface area contributed by atoms with Crippen molar-refractivity contribution in [3.63, 3.8) is 0 Å². The fourth-order valence-electron chi connectivity index (χ4n) is 2.67. The van der Waals surface area contributed by atoms with Gasteiger partial charge in [0.1, 0.15) is 5.70 Å². The van der Waals surface area contributed by atoms with Crippen LogP contribution in [0.2, 0.25) is 0 Å². The molecule has 29 heavy (non-hydrogen) atoms. The first kappa shape index (κ1) is 20.6. The van der Waals surface area contributed by atoms with Gasteiger partial charge in [-0.05, 0) is 0 Å². The zero-order valence-corrected chi connectivity index (χ0v) is 14.6. The van der Waals surface area contributed by atoms with Gasteiger partial charge in [0, 0.05) is 18.7 Å². The molecule has 1 aromatic rings. The van der Waals surface area contributed by atoms with E-state index in [1.807, 2.05) is 0 Å². The van der Waals surface area contributed by atoms with E-state index in [2.05, 4.69) is 19.5 Å². The largest absolute Gasteiger partial charge is 0.507 e. The van der Waals surface area contributed by atoms with E-state index in [1.165, 1.54) is 0 Å². The molecule has 2 N–H and O–H groups in total. The van der Waals surface area contributed by atoms with Crippen LogP contribution in [0.25, 0.3) is 0 Å². The Kier molecular flexibility index (Phi) is 5.03. The number of hydrogen-bond donors (Lipinski definition) is 2. The van der Waals surface area contributed by atoms with Crippen molar-refractivity contribution in [3.05, 3.63) is 29.2 Å². The van der Waals surface area contributed by atoms with Gasteiger partial charge in [-0.3, -0.25) is 4.79 Å². The molecule has 2 aliphatic rings. The Morgan fingerprint density at radius 1 is 1.24 bits per heavy atom. The zero-order valence-electron chi connectivity index (χ0n) is 14.6. The van der Waals surface area contributed by atoms with Crippen LogP contribution in [0.3, 0.4) is 0 Å². The molecule has 0 unspecified atom stereocenters. The third-order valence-electron chi connectivity index (χ3n) is 4.06. The van der Waals surface area contributed by atoms with Crippen molar-refractivity contribution in [3.8, 4) is 11.5 Å². The van der Waals surface area contributed by atoms with E-state index in [9.17, 15) is 31.5 Å². The third-order valence-corrected chi connectivity index (χ3v) is 4.06. The van der Waals surface area contributed by atoms with Crippen LogP contribution < -0.4 is 14.8 Å². The van der Waals surface area contributed by atoms with Crippen molar-refractivity contribution >= 4 is 17.6 Å². The number of ether oxygens (including phenoxy) is 3. The molecule has 0 radical (unpaired) electrons. The average Bonchev–Trinajstić information content (AvgIpc) is 2.93. The van der Waals surface area contributed by atoms with E-state index in [0.717, 1.165) is 12.0 Å². The summed E-state index contributed by atoms with van der Waals surface area (Å²) in [5.74, 6) is -4.87. The molecule has 13 heteroatoms. The third kappa shape index (κ3) is 3.52. The number of nitrogens with zero attached hydrogens (tertiary/aromatic N) is 1. The van der Waals surface area contributed by atoms with Gasteiger partial charge in [-0.25, -0.2) is 9.18 Å². The number of carbonyl (C=O) groups excluding carboxylic acids is 2. The lowest BCUT2D eigenvalue weighted by Crippen LogP contribution is -2.52. The second-order valence-electron chi connectivity index (χ2n) is 5.94. The Bertz CT molecular complexity index is 904. The number of esters is 1. The van der Waals surface area contributed by atoms with Gasteiger partial charge in [-0.15, -0.1) is 0 Å². The number of methoxy groups -OCH3 is 1. The molecule has 0 fully saturated rings. The summed E-state index contributed by atoms with van der Waals surface area (Å²) in [6.07, 6.45) is -10.0. The van der Waals surface area contributed by atoms with Gasteiger partial charge in [0.25, 0.3) is 5.91 Å². The number of aliphatic hydroxyl groups is 1. The molecular formula is C16H13F5N2O6. The highest BCUT2D eigenvalue weighted by atomic mass is 19.3. The van der Waals surface area contributed by atoms with Gasteiger partial charge in [0.15, 0.2) is 17.3 Å². The second-order valence-corrected chi connectivity index (χ2v) is 5.94. The minimum absolute atomic E-state index is 0.143. The van der Waals surface area contributed by atoms with Crippen LogP contribution in [0, 0.1) is 5.82 Å². The van der Waals surface area contributed by atoms with Gasteiger partial charge >= 0.3 is 18.2 Å². The summed E-state index contributed by atoms with van der Waals surface area (Å²) in [5.41, 5.74) is -1.26. The van der Waals surface area contributed by atoms with Crippen molar-refractivity contribution in [2.45, 2.75) is 12.2 Å². The Morgan fingerprint density at radius 2 is 1.83 bits per heavy atom. The summed E-state index contributed by atoms with van der Waals surface area (Å²) >= 11 is 0. The number of halogens is 5. The highest BCUT2D eigenvalue weighted by Crippen LogP contribution is 2.48. The maximum Gasteiger partial charge on any atom is 0.507 e. The number of hydrogen-bond acceptors (Lipinski definition) is 7. The van der Waals surface area contributed by atoms with E-state index in [4.69, 9.17) is 5.11 Å². The van der Waals surface area contributed by atoms with Gasteiger partial charge in [0.2, 0.25) is 0 Å². The summed E-state index contributed by atoms with van der Waals surface area (Å²) in [5, 5.41) is 11.3. The molecule has 0 aliphatic carbocycles. The summed E-state index contributed by atoms with van der Waals surface area (Å²) in [7, 11) is 1.04. The number of aliphatic hydroxyl groups excluding tert-OH is 1. The van der Waals surface area contributed by atoms with Crippen LogP contribution in [0.1, 0.15) is 0 Å². The fourth-order valence-corrected chi connectivity index (χ4v) is 2.67. The predicted octanol–water partition coefficient (Wildman–Crippen LogP) is 1.46. The monoisotopic (exact) mass is 424 g/mol. The Labute approximate surface area is 159 Å². The van der Waals surface area contributed by atoms with Crippen LogP contribution in [0.5, 0.6) is 11.5 Å². The molecule has 0 saturated heterocycles. The molecule has 0 bridgehead atoms. The zero-order chi connectivity index (χ0) is 21.6.